The van der Waals surface area contributed by atoms with E-state index in [1.165, 1.54) is 5.56 Å². The van der Waals surface area contributed by atoms with Crippen molar-refractivity contribution in [1.82, 2.24) is 4.98 Å². The molecule has 1 N–H and O–H groups in total. The zero-order chi connectivity index (χ0) is 12.1. The molecule has 0 radical (unpaired) electrons. The summed E-state index contributed by atoms with van der Waals surface area (Å²) in [6.07, 6.45) is 3.90. The minimum atomic E-state index is 0.145. The van der Waals surface area contributed by atoms with Crippen molar-refractivity contribution in [3.63, 3.8) is 0 Å². The van der Waals surface area contributed by atoms with Crippen LogP contribution in [0.4, 0.5) is 5.69 Å². The number of nitrogens with one attached hydrogen (secondary N) is 1. The number of hydrogen-bond acceptors (Lipinski definition) is 4. The number of pyridine rings is 1. The normalized spacial score (nSPS) is 20.5. The first-order valence-electron chi connectivity index (χ1n) is 6.14. The summed E-state index contributed by atoms with van der Waals surface area (Å²) in [7, 11) is 0. The molecule has 17 heavy (non-hydrogen) atoms. The Bertz CT molecular complexity index is 349. The van der Waals surface area contributed by atoms with Crippen molar-refractivity contribution < 1.29 is 9.47 Å². The van der Waals surface area contributed by atoms with E-state index in [1.54, 1.807) is 0 Å². The van der Waals surface area contributed by atoms with E-state index in [4.69, 9.17) is 9.47 Å². The van der Waals surface area contributed by atoms with Gasteiger partial charge in [-0.3, -0.25) is 4.98 Å². The van der Waals surface area contributed by atoms with Gasteiger partial charge >= 0.3 is 0 Å². The Balaban J connectivity index is 1.87. The highest BCUT2D eigenvalue weighted by atomic mass is 16.6. The fourth-order valence-electron chi connectivity index (χ4n) is 1.76. The molecule has 1 unspecified atom stereocenters. The molecule has 1 fully saturated rings. The summed E-state index contributed by atoms with van der Waals surface area (Å²) >= 11 is 0. The molecule has 2 heterocycles. The predicted molar refractivity (Wildman–Crippen MR) is 67.4 cm³/mol. The highest BCUT2D eigenvalue weighted by Crippen LogP contribution is 2.17. The fourth-order valence-corrected chi connectivity index (χ4v) is 1.76. The molecule has 1 aliphatic rings. The minimum Gasteiger partial charge on any atom is -0.381 e. The molecule has 2 rings (SSSR count). The van der Waals surface area contributed by atoms with Gasteiger partial charge in [0, 0.05) is 18.9 Å². The van der Waals surface area contributed by atoms with Crippen LogP contribution in [0.5, 0.6) is 0 Å². The lowest BCUT2D eigenvalue weighted by atomic mass is 10.1. The largest absolute Gasteiger partial charge is 0.381 e. The topological polar surface area (TPSA) is 43.4 Å². The van der Waals surface area contributed by atoms with Crippen LogP contribution in [0, 0.1) is 0 Å². The van der Waals surface area contributed by atoms with E-state index in [0.29, 0.717) is 25.7 Å². The number of aromatic nitrogens is 1. The molecule has 0 spiro atoms. The molecule has 1 saturated heterocycles. The molecule has 0 aromatic carbocycles. The molecular formula is C13H20N2O2. The van der Waals surface area contributed by atoms with Crippen LogP contribution in [0.15, 0.2) is 18.5 Å². The Morgan fingerprint density at radius 1 is 1.41 bits per heavy atom. The Morgan fingerprint density at radius 3 is 3.00 bits per heavy atom. The lowest BCUT2D eigenvalue weighted by Gasteiger charge is -2.23. The van der Waals surface area contributed by atoms with Gasteiger partial charge < -0.3 is 14.8 Å². The van der Waals surface area contributed by atoms with Gasteiger partial charge in [-0.05, 0) is 17.5 Å². The predicted octanol–water partition coefficient (Wildman–Crippen LogP) is 2.03. The minimum absolute atomic E-state index is 0.145. The number of ether oxygens (including phenoxy) is 2. The molecule has 0 amide bonds. The van der Waals surface area contributed by atoms with Crippen molar-refractivity contribution in [3.05, 3.63) is 24.0 Å². The lowest BCUT2D eigenvalue weighted by molar-refractivity contribution is -0.0818. The van der Waals surface area contributed by atoms with Gasteiger partial charge in [0.1, 0.15) is 0 Å². The van der Waals surface area contributed by atoms with Gasteiger partial charge in [-0.25, -0.2) is 0 Å². The lowest BCUT2D eigenvalue weighted by Crippen LogP contribution is -2.34. The van der Waals surface area contributed by atoms with Gasteiger partial charge in [0.15, 0.2) is 0 Å². The van der Waals surface area contributed by atoms with Crippen molar-refractivity contribution >= 4 is 5.69 Å². The van der Waals surface area contributed by atoms with E-state index in [1.807, 2.05) is 12.4 Å². The zero-order valence-electron chi connectivity index (χ0n) is 10.5. The Hall–Kier alpha value is -1.13. The van der Waals surface area contributed by atoms with Crippen molar-refractivity contribution in [3.8, 4) is 0 Å². The summed E-state index contributed by atoms with van der Waals surface area (Å²) in [6.45, 7) is 7.17. The second kappa shape index (κ2) is 5.98. The average molecular weight is 236 g/mol. The van der Waals surface area contributed by atoms with Crippen LogP contribution in [0.25, 0.3) is 0 Å². The molecule has 0 saturated carbocycles. The molecule has 1 aromatic heterocycles. The van der Waals surface area contributed by atoms with E-state index >= 15 is 0 Å². The summed E-state index contributed by atoms with van der Waals surface area (Å²) in [4.78, 5) is 4.24. The number of rotatable bonds is 4. The molecule has 0 aliphatic carbocycles. The Labute approximate surface area is 102 Å². The third-order valence-electron chi connectivity index (χ3n) is 2.84. The first-order chi connectivity index (χ1) is 8.25. The molecule has 1 aromatic rings. The molecular weight excluding hydrogens is 216 g/mol. The first-order valence-corrected chi connectivity index (χ1v) is 6.14. The SMILES string of the molecule is CC(C)c1cncc(NCC2COCCO2)c1. The van der Waals surface area contributed by atoms with Crippen LogP contribution < -0.4 is 5.32 Å². The average Bonchev–Trinajstić information content (AvgIpc) is 2.38. The van der Waals surface area contributed by atoms with Crippen molar-refractivity contribution in [2.75, 3.05) is 31.7 Å². The molecule has 4 nitrogen and oxygen atoms in total. The monoisotopic (exact) mass is 236 g/mol. The number of nitrogens with zero attached hydrogens (tertiary/aromatic N) is 1. The second-order valence-electron chi connectivity index (χ2n) is 4.61. The summed E-state index contributed by atoms with van der Waals surface area (Å²) in [6, 6.07) is 2.14. The van der Waals surface area contributed by atoms with Gasteiger partial charge in [0.25, 0.3) is 0 Å². The Kier molecular flexibility index (Phi) is 4.34. The van der Waals surface area contributed by atoms with Gasteiger partial charge in [0.05, 0.1) is 31.6 Å². The Morgan fingerprint density at radius 2 is 2.29 bits per heavy atom. The first kappa shape index (κ1) is 12.3. The second-order valence-corrected chi connectivity index (χ2v) is 4.61. The van der Waals surface area contributed by atoms with E-state index in [0.717, 1.165) is 12.2 Å². The number of hydrogen-bond donors (Lipinski definition) is 1. The van der Waals surface area contributed by atoms with E-state index in [2.05, 4.69) is 30.2 Å². The van der Waals surface area contributed by atoms with Crippen LogP contribution in [-0.2, 0) is 9.47 Å². The smallest absolute Gasteiger partial charge is 0.0981 e. The van der Waals surface area contributed by atoms with Crippen LogP contribution >= 0.6 is 0 Å². The summed E-state index contributed by atoms with van der Waals surface area (Å²) in [5.41, 5.74) is 2.29. The zero-order valence-corrected chi connectivity index (χ0v) is 10.5. The highest BCUT2D eigenvalue weighted by Gasteiger charge is 2.13. The van der Waals surface area contributed by atoms with Crippen molar-refractivity contribution in [1.29, 1.82) is 0 Å². The van der Waals surface area contributed by atoms with Gasteiger partial charge in [-0.1, -0.05) is 13.8 Å². The van der Waals surface area contributed by atoms with Gasteiger partial charge in [-0.2, -0.15) is 0 Å². The standard InChI is InChI=1S/C13H20N2O2/c1-10(2)11-5-12(7-14-6-11)15-8-13-9-16-3-4-17-13/h5-7,10,13,15H,3-4,8-9H2,1-2H3. The quantitative estimate of drug-likeness (QED) is 0.868. The summed E-state index contributed by atoms with van der Waals surface area (Å²) in [5, 5.41) is 3.34. The summed E-state index contributed by atoms with van der Waals surface area (Å²) in [5.74, 6) is 0.499. The molecule has 1 aliphatic heterocycles. The maximum atomic E-state index is 5.57. The maximum Gasteiger partial charge on any atom is 0.0981 e. The third-order valence-corrected chi connectivity index (χ3v) is 2.84. The molecule has 94 valence electrons. The number of anilines is 1. The summed E-state index contributed by atoms with van der Waals surface area (Å²) < 4.78 is 10.9. The van der Waals surface area contributed by atoms with Gasteiger partial charge in [0.2, 0.25) is 0 Å². The fraction of sp³-hybridized carbons (Fsp3) is 0.615. The molecule has 4 heteroatoms. The maximum absolute atomic E-state index is 5.57. The molecule has 1 atom stereocenters. The highest BCUT2D eigenvalue weighted by molar-refractivity contribution is 5.43. The third kappa shape index (κ3) is 3.68. The molecule has 0 bridgehead atoms. The van der Waals surface area contributed by atoms with Crippen LogP contribution in [-0.4, -0.2) is 37.5 Å². The van der Waals surface area contributed by atoms with E-state index in [9.17, 15) is 0 Å². The van der Waals surface area contributed by atoms with E-state index in [-0.39, 0.29) is 6.10 Å². The van der Waals surface area contributed by atoms with E-state index < -0.39 is 0 Å². The van der Waals surface area contributed by atoms with Crippen molar-refractivity contribution in [2.45, 2.75) is 25.9 Å². The van der Waals surface area contributed by atoms with Crippen LogP contribution in [0.3, 0.4) is 0 Å². The van der Waals surface area contributed by atoms with Gasteiger partial charge in [-0.15, -0.1) is 0 Å². The van der Waals surface area contributed by atoms with Crippen LogP contribution in [0.2, 0.25) is 0 Å². The van der Waals surface area contributed by atoms with Crippen LogP contribution in [0.1, 0.15) is 25.3 Å². The van der Waals surface area contributed by atoms with Crippen molar-refractivity contribution in [2.24, 2.45) is 0 Å².